The van der Waals surface area contributed by atoms with Crippen molar-refractivity contribution in [2.24, 2.45) is 0 Å². The second-order valence-electron chi connectivity index (χ2n) is 6.60. The minimum Gasteiger partial charge on any atom is -0.435 e. The minimum atomic E-state index is -3.01. The third-order valence-corrected chi connectivity index (χ3v) is 4.61. The van der Waals surface area contributed by atoms with Gasteiger partial charge in [-0.3, -0.25) is 14.4 Å². The fourth-order valence-electron chi connectivity index (χ4n) is 3.23. The largest absolute Gasteiger partial charge is 0.435 e. The van der Waals surface area contributed by atoms with Crippen molar-refractivity contribution in [3.05, 3.63) is 58.9 Å². The van der Waals surface area contributed by atoms with Gasteiger partial charge in [-0.15, -0.1) is 0 Å². The number of nitrogens with zero attached hydrogens (tertiary/aromatic N) is 1. The van der Waals surface area contributed by atoms with Crippen molar-refractivity contribution in [1.29, 1.82) is 0 Å². The van der Waals surface area contributed by atoms with Crippen molar-refractivity contribution in [3.8, 4) is 5.75 Å². The first-order valence-corrected chi connectivity index (χ1v) is 9.11. The molecule has 9 heteroatoms. The van der Waals surface area contributed by atoms with Gasteiger partial charge in [0.2, 0.25) is 5.91 Å². The van der Waals surface area contributed by atoms with E-state index in [1.54, 1.807) is 19.1 Å². The maximum absolute atomic E-state index is 12.7. The van der Waals surface area contributed by atoms with Crippen LogP contribution in [0.25, 0.3) is 5.57 Å². The van der Waals surface area contributed by atoms with Gasteiger partial charge in [-0.1, -0.05) is 6.07 Å². The second-order valence-corrected chi connectivity index (χ2v) is 6.60. The highest BCUT2D eigenvalue weighted by Crippen LogP contribution is 2.34. The summed E-state index contributed by atoms with van der Waals surface area (Å²) in [6, 6.07) is 6.08. The number of halogens is 2. The molecule has 2 aromatic rings. The van der Waals surface area contributed by atoms with E-state index in [0.717, 1.165) is 11.6 Å². The van der Waals surface area contributed by atoms with Crippen molar-refractivity contribution in [1.82, 2.24) is 10.3 Å². The number of rotatable bonds is 5. The van der Waals surface area contributed by atoms with E-state index in [-0.39, 0.29) is 34.9 Å². The molecule has 156 valence electrons. The molecule has 1 aromatic heterocycles. The Hall–Kier alpha value is -3.62. The number of hydrogen-bond donors (Lipinski definition) is 2. The third-order valence-electron chi connectivity index (χ3n) is 4.61. The summed E-state index contributed by atoms with van der Waals surface area (Å²) in [6.45, 7) is -1.38. The molecular weight excluding hydrogens is 396 g/mol. The monoisotopic (exact) mass is 415 g/mol. The highest BCUT2D eigenvalue weighted by Gasteiger charge is 2.25. The summed E-state index contributed by atoms with van der Waals surface area (Å²) >= 11 is 0. The first-order chi connectivity index (χ1) is 14.3. The summed E-state index contributed by atoms with van der Waals surface area (Å²) < 4.78 is 29.9. The number of aromatic nitrogens is 1. The predicted octanol–water partition coefficient (Wildman–Crippen LogP) is 2.89. The van der Waals surface area contributed by atoms with Crippen LogP contribution in [0.15, 0.2) is 36.5 Å². The molecule has 0 saturated heterocycles. The zero-order valence-corrected chi connectivity index (χ0v) is 16.3. The summed E-state index contributed by atoms with van der Waals surface area (Å²) in [6.07, 6.45) is 3.14. The molecule has 30 heavy (non-hydrogen) atoms. The zero-order valence-electron chi connectivity index (χ0n) is 16.3. The molecule has 1 aliphatic rings. The summed E-state index contributed by atoms with van der Waals surface area (Å²) in [5.74, 6) is -1.48. The number of pyridine rings is 1. The number of Topliss-reactive ketones (excluding diaryl/α,β-unsaturated/α-hetero) is 1. The lowest BCUT2D eigenvalue weighted by molar-refractivity contribution is -0.115. The second kappa shape index (κ2) is 8.81. The number of amides is 2. The normalized spacial score (nSPS) is 14.4. The Balaban J connectivity index is 1.95. The van der Waals surface area contributed by atoms with Crippen molar-refractivity contribution >= 4 is 28.9 Å². The van der Waals surface area contributed by atoms with E-state index < -0.39 is 18.4 Å². The van der Waals surface area contributed by atoms with Crippen molar-refractivity contribution in [2.45, 2.75) is 26.4 Å². The molecule has 0 bridgehead atoms. The van der Waals surface area contributed by atoms with E-state index in [2.05, 4.69) is 20.4 Å². The Morgan fingerprint density at radius 1 is 1.27 bits per heavy atom. The van der Waals surface area contributed by atoms with Crippen LogP contribution in [0.3, 0.4) is 0 Å². The minimum absolute atomic E-state index is 0.0189. The Kier molecular flexibility index (Phi) is 6.20. The van der Waals surface area contributed by atoms with Crippen LogP contribution in [0.5, 0.6) is 5.75 Å². The van der Waals surface area contributed by atoms with E-state index >= 15 is 0 Å². The standard InChI is InChI=1S/C21H19F2N3O4/c1-11-8-12-5-6-16(27)14(13(12)9-17(11)30-21(22)23)10-18(28)26-15-4-3-7-25-19(15)20(29)24-2/h3-4,7-10,21H,5-6H2,1-2H3,(H,24,29)(H,26,28)/b14-10-. The van der Waals surface area contributed by atoms with Crippen molar-refractivity contribution in [2.75, 3.05) is 12.4 Å². The van der Waals surface area contributed by atoms with Crippen LogP contribution in [0.2, 0.25) is 0 Å². The molecule has 1 aliphatic carbocycles. The van der Waals surface area contributed by atoms with E-state index in [1.165, 1.54) is 25.4 Å². The smallest absolute Gasteiger partial charge is 0.387 e. The van der Waals surface area contributed by atoms with Gasteiger partial charge >= 0.3 is 6.61 Å². The maximum Gasteiger partial charge on any atom is 0.387 e. The van der Waals surface area contributed by atoms with Crippen LogP contribution in [-0.4, -0.2) is 36.2 Å². The number of ketones is 1. The molecule has 0 aliphatic heterocycles. The number of nitrogens with one attached hydrogen (secondary N) is 2. The first-order valence-electron chi connectivity index (χ1n) is 9.11. The molecule has 0 unspecified atom stereocenters. The Morgan fingerprint density at radius 3 is 2.73 bits per heavy atom. The lowest BCUT2D eigenvalue weighted by Crippen LogP contribution is -2.22. The third kappa shape index (κ3) is 4.51. The lowest BCUT2D eigenvalue weighted by atomic mass is 9.85. The molecule has 1 aromatic carbocycles. The molecule has 3 rings (SSSR count). The zero-order chi connectivity index (χ0) is 21.8. The Morgan fingerprint density at radius 2 is 2.03 bits per heavy atom. The molecule has 0 saturated carbocycles. The summed E-state index contributed by atoms with van der Waals surface area (Å²) in [5.41, 5.74) is 1.94. The molecule has 7 nitrogen and oxygen atoms in total. The van der Waals surface area contributed by atoms with E-state index in [0.29, 0.717) is 17.5 Å². The number of alkyl halides is 2. The fourth-order valence-corrected chi connectivity index (χ4v) is 3.23. The molecule has 1 heterocycles. The Labute approximate surface area is 171 Å². The highest BCUT2D eigenvalue weighted by molar-refractivity contribution is 6.27. The predicted molar refractivity (Wildman–Crippen MR) is 105 cm³/mol. The quantitative estimate of drug-likeness (QED) is 0.732. The van der Waals surface area contributed by atoms with E-state index in [4.69, 9.17) is 0 Å². The molecule has 0 atom stereocenters. The van der Waals surface area contributed by atoms with Gasteiger partial charge in [0.25, 0.3) is 5.91 Å². The van der Waals surface area contributed by atoms with Crippen LogP contribution in [0, 0.1) is 6.92 Å². The van der Waals surface area contributed by atoms with Gasteiger partial charge in [-0.05, 0) is 48.2 Å². The van der Waals surface area contributed by atoms with Gasteiger partial charge in [0.1, 0.15) is 5.75 Å². The summed E-state index contributed by atoms with van der Waals surface area (Å²) in [5, 5.41) is 4.97. The van der Waals surface area contributed by atoms with Gasteiger partial charge in [-0.25, -0.2) is 4.98 Å². The van der Waals surface area contributed by atoms with Gasteiger partial charge in [-0.2, -0.15) is 8.78 Å². The van der Waals surface area contributed by atoms with Gasteiger partial charge in [0.05, 0.1) is 5.69 Å². The van der Waals surface area contributed by atoms with Crippen molar-refractivity contribution in [3.63, 3.8) is 0 Å². The van der Waals surface area contributed by atoms with Crippen LogP contribution in [0.1, 0.15) is 33.6 Å². The average Bonchev–Trinajstić information content (AvgIpc) is 2.70. The van der Waals surface area contributed by atoms with Crippen LogP contribution >= 0.6 is 0 Å². The number of benzene rings is 1. The lowest BCUT2D eigenvalue weighted by Gasteiger charge is -2.20. The number of anilines is 1. The van der Waals surface area contributed by atoms with Crippen LogP contribution in [-0.2, 0) is 16.0 Å². The van der Waals surface area contributed by atoms with Gasteiger partial charge in [0, 0.05) is 31.3 Å². The first kappa shape index (κ1) is 21.1. The van der Waals surface area contributed by atoms with Gasteiger partial charge in [0.15, 0.2) is 11.5 Å². The molecule has 2 N–H and O–H groups in total. The Bertz CT molecular complexity index is 1050. The van der Waals surface area contributed by atoms with E-state index in [1.807, 2.05) is 0 Å². The summed E-state index contributed by atoms with van der Waals surface area (Å²) in [4.78, 5) is 40.9. The SMILES string of the molecule is CNC(=O)c1ncccc1NC(=O)/C=C1\C(=O)CCc2cc(C)c(OC(F)F)cc21. The van der Waals surface area contributed by atoms with Gasteiger partial charge < -0.3 is 15.4 Å². The van der Waals surface area contributed by atoms with E-state index in [9.17, 15) is 23.2 Å². The highest BCUT2D eigenvalue weighted by atomic mass is 19.3. The average molecular weight is 415 g/mol. The van der Waals surface area contributed by atoms with Crippen molar-refractivity contribution < 1.29 is 27.9 Å². The molecular formula is C21H19F2N3O4. The molecule has 0 radical (unpaired) electrons. The number of ether oxygens (including phenoxy) is 1. The fraction of sp³-hybridized carbons (Fsp3) is 0.238. The number of carbonyl (C=O) groups is 3. The maximum atomic E-state index is 12.7. The summed E-state index contributed by atoms with van der Waals surface area (Å²) in [7, 11) is 1.43. The number of hydrogen-bond acceptors (Lipinski definition) is 5. The number of allylic oxidation sites excluding steroid dienone is 1. The molecule has 2 amide bonds. The topological polar surface area (TPSA) is 97.4 Å². The molecule has 0 spiro atoms. The van der Waals surface area contributed by atoms with Crippen LogP contribution < -0.4 is 15.4 Å². The molecule has 0 fully saturated rings. The number of aryl methyl sites for hydroxylation is 2. The number of carbonyl (C=O) groups excluding carboxylic acids is 3. The number of fused-ring (bicyclic) bond motifs is 1. The van der Waals surface area contributed by atoms with Crippen LogP contribution in [0.4, 0.5) is 14.5 Å².